The predicted octanol–water partition coefficient (Wildman–Crippen LogP) is 0.394. The van der Waals surface area contributed by atoms with Crippen LogP contribution in [-0.2, 0) is 0 Å². The molecule has 0 aromatic rings. The van der Waals surface area contributed by atoms with E-state index in [1.54, 1.807) is 0 Å². The molecule has 0 saturated heterocycles. The van der Waals surface area contributed by atoms with Crippen LogP contribution < -0.4 is 11.5 Å². The van der Waals surface area contributed by atoms with Gasteiger partial charge in [-0.3, -0.25) is 0 Å². The van der Waals surface area contributed by atoms with Crippen molar-refractivity contribution in [3.8, 4) is 0 Å². The Morgan fingerprint density at radius 2 is 1.85 bits per heavy atom. The average Bonchev–Trinajstić information content (AvgIpc) is 2.51. The Bertz CT molecular complexity index is 150. The van der Waals surface area contributed by atoms with Gasteiger partial charge in [0.2, 0.25) is 0 Å². The average molecular weight is 185 g/mol. The van der Waals surface area contributed by atoms with Crippen LogP contribution in [0.2, 0.25) is 0 Å². The molecule has 0 spiro atoms. The fourth-order valence-corrected chi connectivity index (χ4v) is 2.61. The molecule has 0 aliphatic heterocycles. The van der Waals surface area contributed by atoms with Crippen molar-refractivity contribution in [2.45, 2.75) is 31.7 Å². The molecule has 1 fully saturated rings. The van der Waals surface area contributed by atoms with E-state index in [0.29, 0.717) is 12.0 Å². The molecule has 0 heterocycles. The van der Waals surface area contributed by atoms with Gasteiger partial charge < -0.3 is 16.4 Å². The maximum absolute atomic E-state index is 6.11. The number of hydrogen-bond acceptors (Lipinski definition) is 3. The van der Waals surface area contributed by atoms with Crippen LogP contribution in [0.3, 0.4) is 0 Å². The molecule has 1 rings (SSSR count). The lowest BCUT2D eigenvalue weighted by atomic mass is 9.78. The first-order chi connectivity index (χ1) is 6.10. The van der Waals surface area contributed by atoms with Gasteiger partial charge in [-0.05, 0) is 32.4 Å². The minimum Gasteiger partial charge on any atom is -0.329 e. The smallest absolute Gasteiger partial charge is 0.0232 e. The van der Waals surface area contributed by atoms with Gasteiger partial charge in [-0.25, -0.2) is 0 Å². The molecule has 1 aliphatic carbocycles. The summed E-state index contributed by atoms with van der Waals surface area (Å²) in [6.45, 7) is 1.71. The van der Waals surface area contributed by atoms with E-state index in [4.69, 9.17) is 11.5 Å². The van der Waals surface area contributed by atoms with Crippen LogP contribution in [0.5, 0.6) is 0 Å². The first kappa shape index (κ1) is 11.0. The molecule has 0 aromatic heterocycles. The molecule has 78 valence electrons. The number of rotatable bonds is 4. The van der Waals surface area contributed by atoms with E-state index in [1.165, 1.54) is 25.7 Å². The summed E-state index contributed by atoms with van der Waals surface area (Å²) in [5.41, 5.74) is 12.1. The molecule has 0 bridgehead atoms. The van der Waals surface area contributed by atoms with Crippen molar-refractivity contribution >= 4 is 0 Å². The lowest BCUT2D eigenvalue weighted by molar-refractivity contribution is 0.164. The van der Waals surface area contributed by atoms with E-state index in [0.717, 1.165) is 6.54 Å². The minimum absolute atomic E-state index is 0.178. The normalized spacial score (nSPS) is 23.8. The Kier molecular flexibility index (Phi) is 3.71. The van der Waals surface area contributed by atoms with E-state index >= 15 is 0 Å². The molecule has 1 saturated carbocycles. The van der Waals surface area contributed by atoms with Crippen LogP contribution in [0.15, 0.2) is 0 Å². The highest BCUT2D eigenvalue weighted by molar-refractivity contribution is 4.95. The number of hydrogen-bond donors (Lipinski definition) is 2. The fraction of sp³-hybridized carbons (Fsp3) is 1.00. The Morgan fingerprint density at radius 1 is 1.31 bits per heavy atom. The van der Waals surface area contributed by atoms with Crippen molar-refractivity contribution in [3.05, 3.63) is 0 Å². The summed E-state index contributed by atoms with van der Waals surface area (Å²) < 4.78 is 0. The summed E-state index contributed by atoms with van der Waals surface area (Å²) in [5, 5.41) is 0. The summed E-state index contributed by atoms with van der Waals surface area (Å²) in [5.74, 6) is 0. The molecule has 3 nitrogen and oxygen atoms in total. The van der Waals surface area contributed by atoms with Gasteiger partial charge in [0, 0.05) is 19.1 Å². The third-order valence-corrected chi connectivity index (χ3v) is 3.27. The molecular weight excluding hydrogens is 162 g/mol. The van der Waals surface area contributed by atoms with Gasteiger partial charge in [0.25, 0.3) is 0 Å². The molecule has 1 atom stereocenters. The molecule has 0 aromatic carbocycles. The van der Waals surface area contributed by atoms with Crippen molar-refractivity contribution in [2.75, 3.05) is 27.2 Å². The standard InChI is InChI=1S/C10H23N3/c1-13(2)8-10(9(12)7-11)5-3-4-6-10/h9H,3-8,11-12H2,1-2H3. The van der Waals surface area contributed by atoms with Crippen LogP contribution in [0.25, 0.3) is 0 Å². The summed E-state index contributed by atoms with van der Waals surface area (Å²) in [6.07, 6.45) is 5.15. The lowest BCUT2D eigenvalue weighted by Crippen LogP contribution is -2.50. The van der Waals surface area contributed by atoms with E-state index in [1.807, 2.05) is 0 Å². The zero-order valence-electron chi connectivity index (χ0n) is 8.92. The first-order valence-electron chi connectivity index (χ1n) is 5.21. The maximum Gasteiger partial charge on any atom is 0.0232 e. The van der Waals surface area contributed by atoms with Gasteiger partial charge in [-0.2, -0.15) is 0 Å². The molecule has 1 aliphatic rings. The van der Waals surface area contributed by atoms with Gasteiger partial charge in [0.05, 0.1) is 0 Å². The Morgan fingerprint density at radius 3 is 2.23 bits per heavy atom. The summed E-state index contributed by atoms with van der Waals surface area (Å²) in [4.78, 5) is 2.24. The van der Waals surface area contributed by atoms with Crippen LogP contribution in [0, 0.1) is 5.41 Å². The molecule has 4 N–H and O–H groups in total. The largest absolute Gasteiger partial charge is 0.329 e. The second-order valence-electron chi connectivity index (χ2n) is 4.65. The fourth-order valence-electron chi connectivity index (χ4n) is 2.61. The third-order valence-electron chi connectivity index (χ3n) is 3.27. The molecule has 3 heteroatoms. The summed E-state index contributed by atoms with van der Waals surface area (Å²) >= 11 is 0. The van der Waals surface area contributed by atoms with E-state index < -0.39 is 0 Å². The molecular formula is C10H23N3. The quantitative estimate of drug-likeness (QED) is 0.666. The monoisotopic (exact) mass is 185 g/mol. The van der Waals surface area contributed by atoms with Crippen molar-refractivity contribution in [2.24, 2.45) is 16.9 Å². The summed E-state index contributed by atoms with van der Waals surface area (Å²) in [6, 6.07) is 0.178. The number of nitrogens with two attached hydrogens (primary N) is 2. The van der Waals surface area contributed by atoms with Crippen LogP contribution in [0.1, 0.15) is 25.7 Å². The van der Waals surface area contributed by atoms with Gasteiger partial charge in [-0.15, -0.1) is 0 Å². The van der Waals surface area contributed by atoms with Crippen LogP contribution >= 0.6 is 0 Å². The maximum atomic E-state index is 6.11. The lowest BCUT2D eigenvalue weighted by Gasteiger charge is -2.37. The van der Waals surface area contributed by atoms with Gasteiger partial charge in [0.1, 0.15) is 0 Å². The number of nitrogens with zero attached hydrogens (tertiary/aromatic N) is 1. The van der Waals surface area contributed by atoms with Crippen molar-refractivity contribution in [3.63, 3.8) is 0 Å². The van der Waals surface area contributed by atoms with Crippen molar-refractivity contribution in [1.29, 1.82) is 0 Å². The van der Waals surface area contributed by atoms with E-state index in [-0.39, 0.29) is 6.04 Å². The second kappa shape index (κ2) is 4.40. The molecule has 0 amide bonds. The Labute approximate surface area is 81.5 Å². The van der Waals surface area contributed by atoms with E-state index in [9.17, 15) is 0 Å². The first-order valence-corrected chi connectivity index (χ1v) is 5.21. The van der Waals surface area contributed by atoms with Crippen LogP contribution in [0.4, 0.5) is 0 Å². The molecule has 1 unspecified atom stereocenters. The zero-order valence-corrected chi connectivity index (χ0v) is 8.92. The summed E-state index contributed by atoms with van der Waals surface area (Å²) in [7, 11) is 4.23. The second-order valence-corrected chi connectivity index (χ2v) is 4.65. The third kappa shape index (κ3) is 2.42. The SMILES string of the molecule is CN(C)CC1(C(N)CN)CCCC1. The van der Waals surface area contributed by atoms with Crippen LogP contribution in [-0.4, -0.2) is 38.1 Å². The van der Waals surface area contributed by atoms with Gasteiger partial charge >= 0.3 is 0 Å². The molecule has 13 heavy (non-hydrogen) atoms. The predicted molar refractivity (Wildman–Crippen MR) is 56.5 cm³/mol. The highest BCUT2D eigenvalue weighted by atomic mass is 15.1. The molecule has 0 radical (unpaired) electrons. The van der Waals surface area contributed by atoms with Crippen molar-refractivity contribution < 1.29 is 0 Å². The zero-order chi connectivity index (χ0) is 9.90. The van der Waals surface area contributed by atoms with E-state index in [2.05, 4.69) is 19.0 Å². The minimum atomic E-state index is 0.178. The topological polar surface area (TPSA) is 55.3 Å². The van der Waals surface area contributed by atoms with Crippen molar-refractivity contribution in [1.82, 2.24) is 4.90 Å². The highest BCUT2D eigenvalue weighted by Crippen LogP contribution is 2.40. The van der Waals surface area contributed by atoms with Gasteiger partial charge in [0.15, 0.2) is 0 Å². The highest BCUT2D eigenvalue weighted by Gasteiger charge is 2.38. The van der Waals surface area contributed by atoms with Gasteiger partial charge in [-0.1, -0.05) is 12.8 Å². The Hall–Kier alpha value is -0.120. The Balaban J connectivity index is 2.62.